The largest absolute Gasteiger partial charge is 0.373 e. The summed E-state index contributed by atoms with van der Waals surface area (Å²) in [6.07, 6.45) is -0.152. The van der Waals surface area contributed by atoms with E-state index in [1.165, 1.54) is 0 Å². The van der Waals surface area contributed by atoms with Crippen molar-refractivity contribution in [2.24, 2.45) is 11.7 Å². The monoisotopic (exact) mass is 261 g/mol. The molecule has 0 bridgehead atoms. The summed E-state index contributed by atoms with van der Waals surface area (Å²) in [7, 11) is 1.65. The minimum atomic E-state index is -0.152. The highest BCUT2D eigenvalue weighted by Gasteiger charge is 2.21. The highest BCUT2D eigenvalue weighted by Crippen LogP contribution is 2.25. The van der Waals surface area contributed by atoms with Crippen LogP contribution in [0.5, 0.6) is 0 Å². The van der Waals surface area contributed by atoms with Crippen molar-refractivity contribution in [1.82, 2.24) is 10.1 Å². The molecule has 5 heteroatoms. The number of hydrogen-bond acceptors (Lipinski definition) is 5. The van der Waals surface area contributed by atoms with Crippen LogP contribution in [0.15, 0.2) is 28.8 Å². The first-order valence-corrected chi connectivity index (χ1v) is 6.31. The van der Waals surface area contributed by atoms with Gasteiger partial charge in [0, 0.05) is 19.2 Å². The van der Waals surface area contributed by atoms with Crippen molar-refractivity contribution in [3.63, 3.8) is 0 Å². The zero-order valence-electron chi connectivity index (χ0n) is 11.5. The second-order valence-electron chi connectivity index (χ2n) is 4.76. The highest BCUT2D eigenvalue weighted by molar-refractivity contribution is 5.53. The van der Waals surface area contributed by atoms with E-state index in [2.05, 4.69) is 24.0 Å². The summed E-state index contributed by atoms with van der Waals surface area (Å²) in [5.41, 5.74) is 7.52. The molecule has 1 aromatic carbocycles. The molecule has 102 valence electrons. The Labute approximate surface area is 112 Å². The van der Waals surface area contributed by atoms with Crippen LogP contribution in [0.3, 0.4) is 0 Å². The standard InChI is InChI=1S/C14H19N3O2/c1-9(2)12(18-3)13-16-14(19-17-13)11-6-4-10(8-15)5-7-11/h4-7,9,12H,8,15H2,1-3H3. The van der Waals surface area contributed by atoms with Crippen molar-refractivity contribution in [1.29, 1.82) is 0 Å². The molecule has 0 fully saturated rings. The summed E-state index contributed by atoms with van der Waals surface area (Å²) in [6, 6.07) is 7.76. The van der Waals surface area contributed by atoms with Gasteiger partial charge in [-0.15, -0.1) is 0 Å². The van der Waals surface area contributed by atoms with Crippen molar-refractivity contribution >= 4 is 0 Å². The molecule has 2 aromatic rings. The van der Waals surface area contributed by atoms with E-state index < -0.39 is 0 Å². The van der Waals surface area contributed by atoms with E-state index in [0.29, 0.717) is 18.3 Å². The SMILES string of the molecule is COC(c1noc(-c2ccc(CN)cc2)n1)C(C)C. The Morgan fingerprint density at radius 2 is 1.95 bits per heavy atom. The molecule has 1 heterocycles. The van der Waals surface area contributed by atoms with Crippen molar-refractivity contribution in [2.45, 2.75) is 26.5 Å². The van der Waals surface area contributed by atoms with Gasteiger partial charge in [0.25, 0.3) is 5.89 Å². The molecule has 0 aliphatic carbocycles. The van der Waals surface area contributed by atoms with Gasteiger partial charge in [0.2, 0.25) is 5.82 Å². The molecular weight excluding hydrogens is 242 g/mol. The quantitative estimate of drug-likeness (QED) is 0.895. The average Bonchev–Trinajstić information content (AvgIpc) is 2.89. The number of ether oxygens (including phenoxy) is 1. The Kier molecular flexibility index (Phi) is 4.29. The summed E-state index contributed by atoms with van der Waals surface area (Å²) < 4.78 is 10.7. The Morgan fingerprint density at radius 3 is 2.47 bits per heavy atom. The smallest absolute Gasteiger partial charge is 0.258 e. The lowest BCUT2D eigenvalue weighted by Gasteiger charge is -2.14. The second-order valence-corrected chi connectivity index (χ2v) is 4.76. The molecule has 2 N–H and O–H groups in total. The summed E-state index contributed by atoms with van der Waals surface area (Å²) in [5, 5.41) is 3.99. The molecule has 2 rings (SSSR count). The zero-order chi connectivity index (χ0) is 13.8. The molecule has 0 aliphatic rings. The Balaban J connectivity index is 2.24. The van der Waals surface area contributed by atoms with E-state index in [1.807, 2.05) is 24.3 Å². The molecule has 1 unspecified atom stereocenters. The van der Waals surface area contributed by atoms with Crippen LogP contribution in [0.25, 0.3) is 11.5 Å². The number of nitrogens with two attached hydrogens (primary N) is 1. The number of methoxy groups -OCH3 is 1. The van der Waals surface area contributed by atoms with Gasteiger partial charge in [-0.05, 0) is 23.6 Å². The van der Waals surface area contributed by atoms with E-state index in [0.717, 1.165) is 11.1 Å². The lowest BCUT2D eigenvalue weighted by Crippen LogP contribution is -2.10. The van der Waals surface area contributed by atoms with Gasteiger partial charge in [-0.3, -0.25) is 0 Å². The van der Waals surface area contributed by atoms with Gasteiger partial charge in [-0.1, -0.05) is 31.1 Å². The van der Waals surface area contributed by atoms with Crippen LogP contribution in [-0.2, 0) is 11.3 Å². The summed E-state index contributed by atoms with van der Waals surface area (Å²) >= 11 is 0. The van der Waals surface area contributed by atoms with Crippen LogP contribution < -0.4 is 5.73 Å². The molecule has 0 aliphatic heterocycles. The molecule has 0 saturated heterocycles. The van der Waals surface area contributed by atoms with Crippen molar-refractivity contribution in [2.75, 3.05) is 7.11 Å². The van der Waals surface area contributed by atoms with Crippen molar-refractivity contribution < 1.29 is 9.26 Å². The van der Waals surface area contributed by atoms with Crippen LogP contribution in [-0.4, -0.2) is 17.3 Å². The van der Waals surface area contributed by atoms with Crippen molar-refractivity contribution in [3.05, 3.63) is 35.7 Å². The van der Waals surface area contributed by atoms with E-state index in [1.54, 1.807) is 7.11 Å². The lowest BCUT2D eigenvalue weighted by molar-refractivity contribution is 0.0556. The Bertz CT molecular complexity index is 520. The van der Waals surface area contributed by atoms with Gasteiger partial charge >= 0.3 is 0 Å². The van der Waals surface area contributed by atoms with Gasteiger partial charge in [0.15, 0.2) is 0 Å². The fraction of sp³-hybridized carbons (Fsp3) is 0.429. The third-order valence-electron chi connectivity index (χ3n) is 2.99. The minimum absolute atomic E-state index is 0.152. The first-order valence-electron chi connectivity index (χ1n) is 6.31. The maximum atomic E-state index is 5.57. The first kappa shape index (κ1) is 13.7. The summed E-state index contributed by atoms with van der Waals surface area (Å²) in [5.74, 6) is 1.37. The second kappa shape index (κ2) is 5.95. The number of hydrogen-bond donors (Lipinski definition) is 1. The van der Waals surface area contributed by atoms with E-state index in [-0.39, 0.29) is 12.0 Å². The predicted molar refractivity (Wildman–Crippen MR) is 72.2 cm³/mol. The maximum absolute atomic E-state index is 5.57. The van der Waals surface area contributed by atoms with Gasteiger partial charge < -0.3 is 15.0 Å². The fourth-order valence-electron chi connectivity index (χ4n) is 1.93. The number of benzene rings is 1. The van der Waals surface area contributed by atoms with Gasteiger partial charge in [-0.25, -0.2) is 0 Å². The highest BCUT2D eigenvalue weighted by atomic mass is 16.5. The summed E-state index contributed by atoms with van der Waals surface area (Å²) in [6.45, 7) is 4.63. The zero-order valence-corrected chi connectivity index (χ0v) is 11.5. The average molecular weight is 261 g/mol. The van der Waals surface area contributed by atoms with Gasteiger partial charge in [0.05, 0.1) is 0 Å². The van der Waals surface area contributed by atoms with Crippen molar-refractivity contribution in [3.8, 4) is 11.5 Å². The van der Waals surface area contributed by atoms with Crippen LogP contribution in [0.2, 0.25) is 0 Å². The Morgan fingerprint density at radius 1 is 1.26 bits per heavy atom. The third-order valence-corrected chi connectivity index (χ3v) is 2.99. The predicted octanol–water partition coefficient (Wildman–Crippen LogP) is 2.54. The van der Waals surface area contributed by atoms with E-state index in [9.17, 15) is 0 Å². The Hall–Kier alpha value is -1.72. The molecule has 1 aromatic heterocycles. The molecule has 0 radical (unpaired) electrons. The van der Waals surface area contributed by atoms with Crippen LogP contribution >= 0.6 is 0 Å². The number of rotatable bonds is 5. The molecule has 0 amide bonds. The minimum Gasteiger partial charge on any atom is -0.373 e. The molecule has 5 nitrogen and oxygen atoms in total. The van der Waals surface area contributed by atoms with Gasteiger partial charge in [-0.2, -0.15) is 4.98 Å². The van der Waals surface area contributed by atoms with Crippen LogP contribution in [0, 0.1) is 5.92 Å². The molecule has 19 heavy (non-hydrogen) atoms. The van der Waals surface area contributed by atoms with Gasteiger partial charge in [0.1, 0.15) is 6.10 Å². The van der Waals surface area contributed by atoms with Crippen LogP contribution in [0.1, 0.15) is 31.3 Å². The molecule has 1 atom stereocenters. The third kappa shape index (κ3) is 3.00. The van der Waals surface area contributed by atoms with Crippen LogP contribution in [0.4, 0.5) is 0 Å². The topological polar surface area (TPSA) is 74.2 Å². The molecule has 0 saturated carbocycles. The lowest BCUT2D eigenvalue weighted by atomic mass is 10.1. The summed E-state index contributed by atoms with van der Waals surface area (Å²) in [4.78, 5) is 4.39. The fourth-order valence-corrected chi connectivity index (χ4v) is 1.93. The van der Waals surface area contributed by atoms with E-state index in [4.69, 9.17) is 15.0 Å². The maximum Gasteiger partial charge on any atom is 0.258 e. The number of nitrogens with zero attached hydrogens (tertiary/aromatic N) is 2. The molecular formula is C14H19N3O2. The number of aromatic nitrogens is 2. The molecule has 0 spiro atoms. The normalized spacial score (nSPS) is 12.9. The van der Waals surface area contributed by atoms with E-state index >= 15 is 0 Å². The first-order chi connectivity index (χ1) is 9.15.